The van der Waals surface area contributed by atoms with Gasteiger partial charge < -0.3 is 4.90 Å². The molecule has 1 fully saturated rings. The maximum absolute atomic E-state index is 11.7. The van der Waals surface area contributed by atoms with Crippen molar-refractivity contribution in [3.8, 4) is 0 Å². The van der Waals surface area contributed by atoms with Crippen molar-refractivity contribution < 1.29 is 9.59 Å². The third kappa shape index (κ3) is 2.80. The maximum atomic E-state index is 11.7. The van der Waals surface area contributed by atoms with E-state index < -0.39 is 0 Å². The van der Waals surface area contributed by atoms with E-state index in [1.54, 1.807) is 4.90 Å². The predicted octanol–water partition coefficient (Wildman–Crippen LogP) is 2.00. The summed E-state index contributed by atoms with van der Waals surface area (Å²) in [6.07, 6.45) is 3.36. The van der Waals surface area contributed by atoms with Crippen molar-refractivity contribution in [2.45, 2.75) is 52.5 Å². The van der Waals surface area contributed by atoms with Gasteiger partial charge in [0.25, 0.3) is 0 Å². The minimum Gasteiger partial charge on any atom is -0.333 e. The van der Waals surface area contributed by atoms with Gasteiger partial charge in [0.1, 0.15) is 0 Å². The van der Waals surface area contributed by atoms with Gasteiger partial charge in [-0.05, 0) is 19.3 Å². The van der Waals surface area contributed by atoms with Crippen molar-refractivity contribution in [3.05, 3.63) is 0 Å². The molecule has 1 heterocycles. The molecule has 1 amide bonds. The molecule has 1 rings (SSSR count). The molecule has 0 aromatic heterocycles. The molecule has 0 radical (unpaired) electrons. The van der Waals surface area contributed by atoms with Crippen LogP contribution in [-0.4, -0.2) is 29.2 Å². The highest BCUT2D eigenvalue weighted by Crippen LogP contribution is 2.24. The normalized spacial score (nSPS) is 23.3. The van der Waals surface area contributed by atoms with E-state index in [1.165, 1.54) is 0 Å². The summed E-state index contributed by atoms with van der Waals surface area (Å²) in [5.74, 6) is 0.790. The summed E-state index contributed by atoms with van der Waals surface area (Å²) >= 11 is 0. The summed E-state index contributed by atoms with van der Waals surface area (Å²) in [5.41, 5.74) is 0. The van der Waals surface area contributed by atoms with Crippen LogP contribution in [-0.2, 0) is 9.59 Å². The Kier molecular flexibility index (Phi) is 4.30. The molecule has 1 saturated heterocycles. The van der Waals surface area contributed by atoms with E-state index in [-0.39, 0.29) is 17.7 Å². The highest BCUT2D eigenvalue weighted by atomic mass is 16.2. The Morgan fingerprint density at radius 2 is 2.20 bits per heavy atom. The van der Waals surface area contributed by atoms with Gasteiger partial charge in [0, 0.05) is 19.4 Å². The first kappa shape index (κ1) is 12.2. The molecule has 0 aromatic rings. The highest BCUT2D eigenvalue weighted by Gasteiger charge is 2.33. The highest BCUT2D eigenvalue weighted by molar-refractivity contribution is 5.89. The Bertz CT molecular complexity index is 250. The molecule has 3 heteroatoms. The Hall–Kier alpha value is -0.860. The predicted molar refractivity (Wildman–Crippen MR) is 59.5 cm³/mol. The number of carbonyl (C=O) groups is 2. The lowest BCUT2D eigenvalue weighted by atomic mass is 10.0. The summed E-state index contributed by atoms with van der Waals surface area (Å²) < 4.78 is 0. The van der Waals surface area contributed by atoms with Crippen molar-refractivity contribution in [2.75, 3.05) is 6.54 Å². The summed E-state index contributed by atoms with van der Waals surface area (Å²) in [5, 5.41) is 0. The van der Waals surface area contributed by atoms with Gasteiger partial charge in [0.2, 0.25) is 5.91 Å². The molecule has 1 aliphatic heterocycles. The third-order valence-electron chi connectivity index (χ3n) is 3.22. The van der Waals surface area contributed by atoms with Gasteiger partial charge in [0.05, 0.1) is 6.04 Å². The lowest BCUT2D eigenvalue weighted by Gasteiger charge is -2.23. The van der Waals surface area contributed by atoms with Crippen molar-refractivity contribution >= 4 is 11.7 Å². The topological polar surface area (TPSA) is 37.4 Å². The Morgan fingerprint density at radius 1 is 1.53 bits per heavy atom. The Labute approximate surface area is 91.8 Å². The molecular weight excluding hydrogens is 190 g/mol. The summed E-state index contributed by atoms with van der Waals surface area (Å²) in [6.45, 7) is 6.61. The summed E-state index contributed by atoms with van der Waals surface area (Å²) in [7, 11) is 0. The molecule has 2 atom stereocenters. The second-order valence-corrected chi connectivity index (χ2v) is 4.40. The fourth-order valence-corrected chi connectivity index (χ4v) is 2.25. The van der Waals surface area contributed by atoms with E-state index in [0.29, 0.717) is 18.8 Å². The number of Topliss-reactive ketones (excluding diaryl/α,β-unsaturated/α-hetero) is 1. The zero-order chi connectivity index (χ0) is 11.4. The van der Waals surface area contributed by atoms with Crippen LogP contribution >= 0.6 is 0 Å². The molecule has 1 aliphatic rings. The zero-order valence-electron chi connectivity index (χ0n) is 9.95. The van der Waals surface area contributed by atoms with Crippen LogP contribution in [0.15, 0.2) is 0 Å². The molecular formula is C12H21NO2. The number of amides is 1. The molecule has 0 bridgehead atoms. The Morgan fingerprint density at radius 3 is 2.73 bits per heavy atom. The molecule has 86 valence electrons. The van der Waals surface area contributed by atoms with Crippen molar-refractivity contribution in [1.82, 2.24) is 4.90 Å². The van der Waals surface area contributed by atoms with E-state index in [9.17, 15) is 9.59 Å². The first-order valence-corrected chi connectivity index (χ1v) is 5.92. The fraction of sp³-hybridized carbons (Fsp3) is 0.833. The second kappa shape index (κ2) is 5.29. The molecule has 0 aromatic carbocycles. The summed E-state index contributed by atoms with van der Waals surface area (Å²) in [4.78, 5) is 25.0. The number of nitrogens with zero attached hydrogens (tertiary/aromatic N) is 1. The first-order valence-electron chi connectivity index (χ1n) is 5.92. The smallest absolute Gasteiger partial charge is 0.223 e. The number of likely N-dealkylation sites (tertiary alicyclic amines) is 1. The molecule has 15 heavy (non-hydrogen) atoms. The van der Waals surface area contributed by atoms with Crippen LogP contribution in [0.5, 0.6) is 0 Å². The molecule has 0 aliphatic carbocycles. The Balaban J connectivity index is 2.56. The molecule has 0 spiro atoms. The average molecular weight is 211 g/mol. The minimum atomic E-state index is -0.218. The van der Waals surface area contributed by atoms with Crippen LogP contribution in [0.1, 0.15) is 46.5 Å². The van der Waals surface area contributed by atoms with E-state index >= 15 is 0 Å². The number of hydrogen-bond donors (Lipinski definition) is 0. The van der Waals surface area contributed by atoms with E-state index in [0.717, 1.165) is 19.4 Å². The quantitative estimate of drug-likeness (QED) is 0.697. The number of hydrogen-bond acceptors (Lipinski definition) is 2. The lowest BCUT2D eigenvalue weighted by molar-refractivity contribution is -0.135. The maximum Gasteiger partial charge on any atom is 0.223 e. The van der Waals surface area contributed by atoms with Crippen molar-refractivity contribution in [1.29, 1.82) is 0 Å². The van der Waals surface area contributed by atoms with Crippen LogP contribution in [0.2, 0.25) is 0 Å². The van der Waals surface area contributed by atoms with Crippen LogP contribution in [0, 0.1) is 5.92 Å². The molecule has 0 N–H and O–H groups in total. The van der Waals surface area contributed by atoms with Gasteiger partial charge >= 0.3 is 0 Å². The largest absolute Gasteiger partial charge is 0.333 e. The van der Waals surface area contributed by atoms with E-state index in [4.69, 9.17) is 0 Å². The van der Waals surface area contributed by atoms with Gasteiger partial charge in [-0.3, -0.25) is 9.59 Å². The van der Waals surface area contributed by atoms with Crippen LogP contribution in [0.25, 0.3) is 0 Å². The average Bonchev–Trinajstić information content (AvgIpc) is 2.58. The van der Waals surface area contributed by atoms with Crippen molar-refractivity contribution in [2.24, 2.45) is 5.92 Å². The van der Waals surface area contributed by atoms with Gasteiger partial charge in [-0.25, -0.2) is 0 Å². The molecule has 0 saturated carbocycles. The fourth-order valence-electron chi connectivity index (χ4n) is 2.25. The first-order chi connectivity index (χ1) is 7.10. The van der Waals surface area contributed by atoms with Crippen LogP contribution < -0.4 is 0 Å². The lowest BCUT2D eigenvalue weighted by Crippen LogP contribution is -2.39. The minimum absolute atomic E-state index is 0.155. The van der Waals surface area contributed by atoms with Gasteiger partial charge in [-0.1, -0.05) is 20.3 Å². The zero-order valence-corrected chi connectivity index (χ0v) is 9.95. The van der Waals surface area contributed by atoms with E-state index in [1.807, 2.05) is 13.8 Å². The number of ketones is 1. The van der Waals surface area contributed by atoms with Crippen LogP contribution in [0.4, 0.5) is 0 Å². The monoisotopic (exact) mass is 211 g/mol. The third-order valence-corrected chi connectivity index (χ3v) is 3.22. The second-order valence-electron chi connectivity index (χ2n) is 4.40. The number of carbonyl (C=O) groups excluding carboxylic acids is 2. The van der Waals surface area contributed by atoms with Gasteiger partial charge in [-0.15, -0.1) is 0 Å². The molecule has 3 nitrogen and oxygen atoms in total. The SMILES string of the molecule is CCCC1CC(=O)N(C(C)C(=O)CC)C1. The van der Waals surface area contributed by atoms with Crippen LogP contribution in [0.3, 0.4) is 0 Å². The van der Waals surface area contributed by atoms with Crippen molar-refractivity contribution in [3.63, 3.8) is 0 Å². The number of rotatable bonds is 5. The van der Waals surface area contributed by atoms with E-state index in [2.05, 4.69) is 6.92 Å². The van der Waals surface area contributed by atoms with Gasteiger partial charge in [0.15, 0.2) is 5.78 Å². The molecule has 2 unspecified atom stereocenters. The standard InChI is InChI=1S/C12H21NO2/c1-4-6-10-7-12(15)13(8-10)9(3)11(14)5-2/h9-10H,4-8H2,1-3H3. The summed E-state index contributed by atoms with van der Waals surface area (Å²) in [6, 6.07) is -0.218. The van der Waals surface area contributed by atoms with Gasteiger partial charge in [-0.2, -0.15) is 0 Å².